The van der Waals surface area contributed by atoms with Gasteiger partial charge in [0.25, 0.3) is 0 Å². The fourth-order valence-electron chi connectivity index (χ4n) is 2.13. The van der Waals surface area contributed by atoms with E-state index in [1.165, 1.54) is 44.2 Å². The molecule has 0 atom stereocenters. The van der Waals surface area contributed by atoms with Crippen molar-refractivity contribution in [3.63, 3.8) is 0 Å². The molecule has 1 heterocycles. The summed E-state index contributed by atoms with van der Waals surface area (Å²) in [6.07, 6.45) is 11.2. The number of unbranched alkanes of at least 4 members (excludes halogenated alkanes) is 4. The predicted octanol–water partition coefficient (Wildman–Crippen LogP) is 3.84. The molecule has 1 rings (SSSR count). The maximum absolute atomic E-state index is 4.05. The van der Waals surface area contributed by atoms with Gasteiger partial charge in [0.15, 0.2) is 0 Å². The zero-order chi connectivity index (χ0) is 12.5. The van der Waals surface area contributed by atoms with Gasteiger partial charge in [0.1, 0.15) is 0 Å². The number of aromatic nitrogens is 3. The van der Waals surface area contributed by atoms with Gasteiger partial charge in [-0.15, -0.1) is 5.10 Å². The minimum atomic E-state index is 0.861. The lowest BCUT2D eigenvalue weighted by atomic mass is 10.0. The SMILES string of the molecule is CCn1nncc1CCCCCCCC(C)C. The van der Waals surface area contributed by atoms with Crippen molar-refractivity contribution in [1.29, 1.82) is 0 Å². The van der Waals surface area contributed by atoms with E-state index >= 15 is 0 Å². The van der Waals surface area contributed by atoms with Crippen LogP contribution < -0.4 is 0 Å². The highest BCUT2D eigenvalue weighted by Gasteiger charge is 2.01. The minimum absolute atomic E-state index is 0.861. The van der Waals surface area contributed by atoms with E-state index in [9.17, 15) is 0 Å². The summed E-state index contributed by atoms with van der Waals surface area (Å²) in [5, 5.41) is 8.00. The molecule has 0 aliphatic carbocycles. The summed E-state index contributed by atoms with van der Waals surface area (Å²) < 4.78 is 2.00. The molecule has 0 spiro atoms. The zero-order valence-electron chi connectivity index (χ0n) is 11.7. The molecule has 0 saturated heterocycles. The van der Waals surface area contributed by atoms with Crippen LogP contribution in [0.15, 0.2) is 6.20 Å². The Kier molecular flexibility index (Phi) is 6.90. The summed E-state index contributed by atoms with van der Waals surface area (Å²) in [7, 11) is 0. The number of rotatable bonds is 9. The molecule has 0 radical (unpaired) electrons. The van der Waals surface area contributed by atoms with Crippen LogP contribution in [0.25, 0.3) is 0 Å². The summed E-state index contributed by atoms with van der Waals surface area (Å²) in [5.41, 5.74) is 1.29. The van der Waals surface area contributed by atoms with Crippen LogP contribution >= 0.6 is 0 Å². The standard InChI is InChI=1S/C14H27N3/c1-4-17-14(12-15-16-17)11-9-7-5-6-8-10-13(2)3/h12-13H,4-11H2,1-3H3. The van der Waals surface area contributed by atoms with Crippen molar-refractivity contribution in [2.45, 2.75) is 72.3 Å². The minimum Gasteiger partial charge on any atom is -0.250 e. The quantitative estimate of drug-likeness (QED) is 0.611. The molecule has 0 bridgehead atoms. The smallest absolute Gasteiger partial charge is 0.0725 e. The molecule has 0 aromatic carbocycles. The molecular weight excluding hydrogens is 210 g/mol. The largest absolute Gasteiger partial charge is 0.250 e. The van der Waals surface area contributed by atoms with Gasteiger partial charge in [0.05, 0.1) is 11.9 Å². The Morgan fingerprint density at radius 3 is 2.53 bits per heavy atom. The van der Waals surface area contributed by atoms with Crippen molar-refractivity contribution in [3.8, 4) is 0 Å². The Morgan fingerprint density at radius 1 is 1.12 bits per heavy atom. The lowest BCUT2D eigenvalue weighted by Crippen LogP contribution is -2.02. The Hall–Kier alpha value is -0.860. The Balaban J connectivity index is 2.01. The van der Waals surface area contributed by atoms with Crippen molar-refractivity contribution in [2.24, 2.45) is 5.92 Å². The second kappa shape index (κ2) is 8.26. The highest BCUT2D eigenvalue weighted by molar-refractivity contribution is 4.93. The maximum Gasteiger partial charge on any atom is 0.0725 e. The molecule has 3 heteroatoms. The van der Waals surface area contributed by atoms with Crippen molar-refractivity contribution in [1.82, 2.24) is 15.0 Å². The zero-order valence-corrected chi connectivity index (χ0v) is 11.7. The second-order valence-electron chi connectivity index (χ2n) is 5.24. The van der Waals surface area contributed by atoms with Gasteiger partial charge in [-0.25, -0.2) is 4.68 Å². The third kappa shape index (κ3) is 5.85. The highest BCUT2D eigenvalue weighted by Crippen LogP contribution is 2.12. The van der Waals surface area contributed by atoms with Crippen LogP contribution in [0.1, 0.15) is 65.0 Å². The molecule has 0 saturated carbocycles. The molecule has 17 heavy (non-hydrogen) atoms. The second-order valence-corrected chi connectivity index (χ2v) is 5.24. The molecule has 0 N–H and O–H groups in total. The van der Waals surface area contributed by atoms with Gasteiger partial charge in [-0.05, 0) is 25.7 Å². The fourth-order valence-corrected chi connectivity index (χ4v) is 2.13. The molecule has 0 fully saturated rings. The van der Waals surface area contributed by atoms with Crippen molar-refractivity contribution in [3.05, 3.63) is 11.9 Å². The third-order valence-electron chi connectivity index (χ3n) is 3.21. The van der Waals surface area contributed by atoms with Gasteiger partial charge in [-0.2, -0.15) is 0 Å². The number of nitrogens with zero attached hydrogens (tertiary/aromatic N) is 3. The van der Waals surface area contributed by atoms with Crippen molar-refractivity contribution < 1.29 is 0 Å². The predicted molar refractivity (Wildman–Crippen MR) is 71.9 cm³/mol. The first kappa shape index (κ1) is 14.2. The fraction of sp³-hybridized carbons (Fsp3) is 0.857. The van der Waals surface area contributed by atoms with Crippen LogP contribution in [0, 0.1) is 5.92 Å². The normalized spacial score (nSPS) is 11.3. The molecule has 1 aromatic rings. The molecule has 0 amide bonds. The van der Waals surface area contributed by atoms with Crippen LogP contribution in [0.3, 0.4) is 0 Å². The molecule has 98 valence electrons. The number of hydrogen-bond acceptors (Lipinski definition) is 2. The molecule has 0 aliphatic rings. The van der Waals surface area contributed by atoms with E-state index in [-0.39, 0.29) is 0 Å². The van der Waals surface area contributed by atoms with E-state index in [4.69, 9.17) is 0 Å². The van der Waals surface area contributed by atoms with E-state index < -0.39 is 0 Å². The van der Waals surface area contributed by atoms with Crippen molar-refractivity contribution >= 4 is 0 Å². The average molecular weight is 237 g/mol. The van der Waals surface area contributed by atoms with Gasteiger partial charge >= 0.3 is 0 Å². The van der Waals surface area contributed by atoms with Gasteiger partial charge in [0, 0.05) is 6.54 Å². The van der Waals surface area contributed by atoms with E-state index in [1.54, 1.807) is 0 Å². The summed E-state index contributed by atoms with van der Waals surface area (Å²) in [4.78, 5) is 0. The van der Waals surface area contributed by atoms with Crippen LogP contribution in [0.4, 0.5) is 0 Å². The van der Waals surface area contributed by atoms with Gasteiger partial charge in [-0.3, -0.25) is 0 Å². The topological polar surface area (TPSA) is 30.7 Å². The number of aryl methyl sites for hydroxylation is 2. The maximum atomic E-state index is 4.05. The Morgan fingerprint density at radius 2 is 1.82 bits per heavy atom. The van der Waals surface area contributed by atoms with E-state index in [2.05, 4.69) is 31.1 Å². The number of hydrogen-bond donors (Lipinski definition) is 0. The highest BCUT2D eigenvalue weighted by atomic mass is 15.4. The molecule has 1 aromatic heterocycles. The molecule has 0 aliphatic heterocycles. The lowest BCUT2D eigenvalue weighted by molar-refractivity contribution is 0.511. The van der Waals surface area contributed by atoms with Gasteiger partial charge in [-0.1, -0.05) is 51.2 Å². The van der Waals surface area contributed by atoms with Crippen molar-refractivity contribution in [2.75, 3.05) is 0 Å². The van der Waals surface area contributed by atoms with E-state index in [1.807, 2.05) is 10.9 Å². The average Bonchev–Trinajstić information content (AvgIpc) is 2.74. The van der Waals surface area contributed by atoms with Crippen LogP contribution in [0.2, 0.25) is 0 Å². The van der Waals surface area contributed by atoms with Crippen LogP contribution in [-0.4, -0.2) is 15.0 Å². The molecular formula is C14H27N3. The first-order valence-electron chi connectivity index (χ1n) is 7.11. The summed E-state index contributed by atoms with van der Waals surface area (Å²) in [6.45, 7) is 7.66. The van der Waals surface area contributed by atoms with E-state index in [0.717, 1.165) is 18.9 Å². The summed E-state index contributed by atoms with van der Waals surface area (Å²) in [5.74, 6) is 0.861. The van der Waals surface area contributed by atoms with Crippen LogP contribution in [0.5, 0.6) is 0 Å². The van der Waals surface area contributed by atoms with E-state index in [0.29, 0.717) is 0 Å². The Bertz CT molecular complexity index is 291. The lowest BCUT2D eigenvalue weighted by Gasteiger charge is -2.05. The van der Waals surface area contributed by atoms with Gasteiger partial charge in [0.2, 0.25) is 0 Å². The summed E-state index contributed by atoms with van der Waals surface area (Å²) in [6, 6.07) is 0. The Labute approximate surface area is 106 Å². The monoisotopic (exact) mass is 237 g/mol. The summed E-state index contributed by atoms with van der Waals surface area (Å²) >= 11 is 0. The first-order valence-corrected chi connectivity index (χ1v) is 7.11. The molecule has 0 unspecified atom stereocenters. The van der Waals surface area contributed by atoms with Crippen LogP contribution in [-0.2, 0) is 13.0 Å². The van der Waals surface area contributed by atoms with Gasteiger partial charge < -0.3 is 0 Å². The third-order valence-corrected chi connectivity index (χ3v) is 3.21. The molecule has 3 nitrogen and oxygen atoms in total. The first-order chi connectivity index (χ1) is 8.24.